The smallest absolute Gasteiger partial charge is 0.231 e. The zero-order valence-electron chi connectivity index (χ0n) is 18.0. The lowest BCUT2D eigenvalue weighted by atomic mass is 9.96. The number of rotatable bonds is 6. The van der Waals surface area contributed by atoms with Crippen molar-refractivity contribution in [3.8, 4) is 11.5 Å². The van der Waals surface area contributed by atoms with Crippen LogP contribution in [0.2, 0.25) is 0 Å². The van der Waals surface area contributed by atoms with Gasteiger partial charge in [0.25, 0.3) is 0 Å². The van der Waals surface area contributed by atoms with E-state index in [-0.39, 0.29) is 42.6 Å². The molecule has 2 aliphatic rings. The van der Waals surface area contributed by atoms with Gasteiger partial charge < -0.3 is 30.7 Å². The molecule has 10 heteroatoms. The summed E-state index contributed by atoms with van der Waals surface area (Å²) in [5.74, 6) is 2.92. The van der Waals surface area contributed by atoms with Gasteiger partial charge in [0.15, 0.2) is 17.5 Å². The molecule has 0 unspecified atom stereocenters. The van der Waals surface area contributed by atoms with E-state index in [9.17, 15) is 4.79 Å². The van der Waals surface area contributed by atoms with Crippen molar-refractivity contribution in [2.75, 3.05) is 31.8 Å². The lowest BCUT2D eigenvalue weighted by molar-refractivity contribution is -0.122. The van der Waals surface area contributed by atoms with Crippen LogP contribution in [-0.2, 0) is 17.9 Å². The number of aromatic nitrogens is 1. The number of primary amides is 1. The second-order valence-corrected chi connectivity index (χ2v) is 7.62. The minimum absolute atomic E-state index is 0. The van der Waals surface area contributed by atoms with Gasteiger partial charge >= 0.3 is 0 Å². The van der Waals surface area contributed by atoms with Crippen molar-refractivity contribution in [3.05, 3.63) is 47.7 Å². The van der Waals surface area contributed by atoms with Crippen molar-refractivity contribution >= 4 is 41.7 Å². The minimum atomic E-state index is -0.208. The molecule has 2 aliphatic heterocycles. The zero-order valence-corrected chi connectivity index (χ0v) is 20.4. The molecule has 0 saturated carbocycles. The van der Waals surface area contributed by atoms with Crippen molar-refractivity contribution in [2.45, 2.75) is 25.9 Å². The van der Waals surface area contributed by atoms with Crippen LogP contribution in [0.15, 0.2) is 41.5 Å². The number of amides is 1. The molecule has 0 spiro atoms. The van der Waals surface area contributed by atoms with E-state index in [1.807, 2.05) is 24.3 Å². The van der Waals surface area contributed by atoms with Crippen molar-refractivity contribution in [1.29, 1.82) is 0 Å². The highest BCUT2D eigenvalue weighted by molar-refractivity contribution is 14.0. The quantitative estimate of drug-likeness (QED) is 0.286. The molecule has 9 nitrogen and oxygen atoms in total. The summed E-state index contributed by atoms with van der Waals surface area (Å²) < 4.78 is 10.8. The molecule has 1 amide bonds. The highest BCUT2D eigenvalue weighted by atomic mass is 127. The number of aliphatic imine (C=N–C) groups is 1. The van der Waals surface area contributed by atoms with Crippen molar-refractivity contribution in [2.24, 2.45) is 16.6 Å². The summed E-state index contributed by atoms with van der Waals surface area (Å²) in [4.78, 5) is 22.6. The molecule has 0 aliphatic carbocycles. The van der Waals surface area contributed by atoms with Crippen LogP contribution in [0.4, 0.5) is 5.82 Å². The number of carbonyl (C=O) groups excluding carboxylic acids is 1. The van der Waals surface area contributed by atoms with Gasteiger partial charge in [0.1, 0.15) is 5.82 Å². The van der Waals surface area contributed by atoms with Crippen LogP contribution in [-0.4, -0.2) is 43.8 Å². The van der Waals surface area contributed by atoms with E-state index in [2.05, 4.69) is 31.6 Å². The van der Waals surface area contributed by atoms with Gasteiger partial charge in [0.05, 0.1) is 0 Å². The van der Waals surface area contributed by atoms with Gasteiger partial charge in [-0.2, -0.15) is 0 Å². The van der Waals surface area contributed by atoms with Gasteiger partial charge in [0, 0.05) is 50.9 Å². The highest BCUT2D eigenvalue weighted by Crippen LogP contribution is 2.32. The standard InChI is InChI=1S/C22H28N6O3.HI/c1-24-22(26-12-15-4-5-18-19(11-15)31-14-30-18)27-13-17-3-2-8-25-21(17)28-9-6-16(7-10-28)20(23)29;/h2-5,8,11,16H,6-7,9-10,12-14H2,1H3,(H2,23,29)(H2,24,26,27);1H. The fourth-order valence-corrected chi connectivity index (χ4v) is 3.87. The molecule has 0 bridgehead atoms. The summed E-state index contributed by atoms with van der Waals surface area (Å²) in [6.07, 6.45) is 3.32. The number of hydrogen-bond acceptors (Lipinski definition) is 6. The highest BCUT2D eigenvalue weighted by Gasteiger charge is 2.25. The molecular formula is C22H29IN6O3. The second kappa shape index (κ2) is 11.2. The van der Waals surface area contributed by atoms with Crippen LogP contribution in [0, 0.1) is 5.92 Å². The van der Waals surface area contributed by atoms with Crippen LogP contribution >= 0.6 is 24.0 Å². The molecule has 1 aromatic heterocycles. The average molecular weight is 552 g/mol. The summed E-state index contributed by atoms with van der Waals surface area (Å²) in [6, 6.07) is 9.87. The Hall–Kier alpha value is -2.76. The van der Waals surface area contributed by atoms with Gasteiger partial charge in [-0.15, -0.1) is 24.0 Å². The van der Waals surface area contributed by atoms with Gasteiger partial charge in [-0.3, -0.25) is 9.79 Å². The Kier molecular flexibility index (Phi) is 8.37. The molecule has 4 N–H and O–H groups in total. The number of fused-ring (bicyclic) bond motifs is 1. The van der Waals surface area contributed by atoms with E-state index in [1.165, 1.54) is 0 Å². The number of nitrogens with two attached hydrogens (primary N) is 1. The molecule has 172 valence electrons. The third kappa shape index (κ3) is 5.72. The maximum atomic E-state index is 11.4. The number of piperidine rings is 1. The fraction of sp³-hybridized carbons (Fsp3) is 0.409. The Morgan fingerprint density at radius 1 is 1.19 bits per heavy atom. The SMILES string of the molecule is CN=C(NCc1ccc2c(c1)OCO2)NCc1cccnc1N1CCC(C(N)=O)CC1.I. The summed E-state index contributed by atoms with van der Waals surface area (Å²) in [6.45, 7) is 3.00. The first-order valence-corrected chi connectivity index (χ1v) is 10.4. The van der Waals surface area contributed by atoms with E-state index in [0.29, 0.717) is 19.0 Å². The van der Waals surface area contributed by atoms with E-state index in [1.54, 1.807) is 13.2 Å². The maximum Gasteiger partial charge on any atom is 0.231 e. The van der Waals surface area contributed by atoms with Crippen LogP contribution in [0.1, 0.15) is 24.0 Å². The van der Waals surface area contributed by atoms with Crippen LogP contribution in [0.5, 0.6) is 11.5 Å². The molecule has 1 fully saturated rings. The molecule has 4 rings (SSSR count). The van der Waals surface area contributed by atoms with Gasteiger partial charge in [-0.1, -0.05) is 12.1 Å². The van der Waals surface area contributed by atoms with Gasteiger partial charge in [0.2, 0.25) is 12.7 Å². The van der Waals surface area contributed by atoms with Crippen molar-refractivity contribution in [3.63, 3.8) is 0 Å². The predicted octanol–water partition coefficient (Wildman–Crippen LogP) is 2.00. The lowest BCUT2D eigenvalue weighted by Crippen LogP contribution is -2.40. The number of ether oxygens (including phenoxy) is 2. The number of nitrogens with one attached hydrogen (secondary N) is 2. The van der Waals surface area contributed by atoms with E-state index in [4.69, 9.17) is 15.2 Å². The largest absolute Gasteiger partial charge is 0.454 e. The molecular weight excluding hydrogens is 523 g/mol. The summed E-state index contributed by atoms with van der Waals surface area (Å²) in [7, 11) is 1.74. The Labute approximate surface area is 204 Å². The number of halogens is 1. The number of anilines is 1. The molecule has 0 atom stereocenters. The number of hydrogen-bond donors (Lipinski definition) is 3. The first-order valence-electron chi connectivity index (χ1n) is 10.4. The normalized spacial score (nSPS) is 15.8. The fourth-order valence-electron chi connectivity index (χ4n) is 3.87. The number of benzene rings is 1. The summed E-state index contributed by atoms with van der Waals surface area (Å²) >= 11 is 0. The first kappa shape index (κ1) is 23.9. The predicted molar refractivity (Wildman–Crippen MR) is 133 cm³/mol. The zero-order chi connectivity index (χ0) is 21.6. The number of pyridine rings is 1. The third-order valence-electron chi connectivity index (χ3n) is 5.63. The van der Waals surface area contributed by atoms with Crippen LogP contribution in [0.25, 0.3) is 0 Å². The third-order valence-corrected chi connectivity index (χ3v) is 5.63. The minimum Gasteiger partial charge on any atom is -0.454 e. The Morgan fingerprint density at radius 2 is 1.94 bits per heavy atom. The van der Waals surface area contributed by atoms with Gasteiger partial charge in [-0.05, 0) is 36.6 Å². The second-order valence-electron chi connectivity index (χ2n) is 7.62. The Balaban J connectivity index is 0.00000289. The summed E-state index contributed by atoms with van der Waals surface area (Å²) in [5, 5.41) is 6.68. The number of carbonyl (C=O) groups is 1. The maximum absolute atomic E-state index is 11.4. The molecule has 0 radical (unpaired) electrons. The summed E-state index contributed by atoms with van der Waals surface area (Å²) in [5.41, 5.74) is 7.61. The monoisotopic (exact) mass is 552 g/mol. The molecule has 3 heterocycles. The molecule has 1 aromatic carbocycles. The van der Waals surface area contributed by atoms with Crippen LogP contribution < -0.4 is 30.7 Å². The molecule has 32 heavy (non-hydrogen) atoms. The van der Waals surface area contributed by atoms with Gasteiger partial charge in [-0.25, -0.2) is 4.98 Å². The topological polar surface area (TPSA) is 114 Å². The van der Waals surface area contributed by atoms with Crippen molar-refractivity contribution in [1.82, 2.24) is 15.6 Å². The first-order chi connectivity index (χ1) is 15.1. The Morgan fingerprint density at radius 3 is 2.69 bits per heavy atom. The number of nitrogens with zero attached hydrogens (tertiary/aromatic N) is 3. The number of guanidine groups is 1. The molecule has 2 aromatic rings. The van der Waals surface area contributed by atoms with Crippen molar-refractivity contribution < 1.29 is 14.3 Å². The van der Waals surface area contributed by atoms with E-state index < -0.39 is 0 Å². The Bertz CT molecular complexity index is 962. The van der Waals surface area contributed by atoms with Crippen LogP contribution in [0.3, 0.4) is 0 Å². The molecule has 1 saturated heterocycles. The van der Waals surface area contributed by atoms with E-state index in [0.717, 1.165) is 54.4 Å². The lowest BCUT2D eigenvalue weighted by Gasteiger charge is -2.32. The average Bonchev–Trinajstić information content (AvgIpc) is 3.27. The van der Waals surface area contributed by atoms with E-state index >= 15 is 0 Å².